The summed E-state index contributed by atoms with van der Waals surface area (Å²) in [5.74, 6) is 0.979. The maximum absolute atomic E-state index is 13.0. The smallest absolute Gasteiger partial charge is 0.236 e. The van der Waals surface area contributed by atoms with Gasteiger partial charge < -0.3 is 14.7 Å². The minimum atomic E-state index is -0.0509. The number of nitrogens with zero attached hydrogens (tertiary/aromatic N) is 1. The van der Waals surface area contributed by atoms with Gasteiger partial charge in [-0.25, -0.2) is 0 Å². The standard InChI is InChI=1S/C19H19NO3S/c21-12-13-5-6-16-15(9-13)11-20(7-8-23-16)19(22)18-10-14-3-1-2-4-17(14)24-18/h1-6,9,18,21H,7-8,10-12H2. The molecule has 2 aliphatic rings. The van der Waals surface area contributed by atoms with Crippen molar-refractivity contribution in [3.63, 3.8) is 0 Å². The topological polar surface area (TPSA) is 49.8 Å². The Morgan fingerprint density at radius 1 is 1.25 bits per heavy atom. The Bertz CT molecular complexity index is 752. The van der Waals surface area contributed by atoms with Crippen LogP contribution in [0.15, 0.2) is 47.4 Å². The number of carbonyl (C=O) groups is 1. The number of aliphatic hydroxyl groups excluding tert-OH is 1. The third-order valence-electron chi connectivity index (χ3n) is 4.52. The molecule has 24 heavy (non-hydrogen) atoms. The average molecular weight is 341 g/mol. The Morgan fingerprint density at radius 3 is 2.96 bits per heavy atom. The molecule has 1 N–H and O–H groups in total. The maximum Gasteiger partial charge on any atom is 0.236 e. The molecule has 2 aromatic rings. The molecule has 0 saturated carbocycles. The zero-order chi connectivity index (χ0) is 16.5. The summed E-state index contributed by atoms with van der Waals surface area (Å²) in [5.41, 5.74) is 3.07. The molecule has 4 rings (SSSR count). The van der Waals surface area contributed by atoms with Gasteiger partial charge in [-0.15, -0.1) is 11.8 Å². The minimum absolute atomic E-state index is 0.00495. The molecule has 1 unspecified atom stereocenters. The molecule has 2 aliphatic heterocycles. The monoisotopic (exact) mass is 341 g/mol. The number of ether oxygens (including phenoxy) is 1. The molecule has 5 heteroatoms. The van der Waals surface area contributed by atoms with Crippen molar-refractivity contribution >= 4 is 17.7 Å². The lowest BCUT2D eigenvalue weighted by molar-refractivity contribution is -0.131. The van der Waals surface area contributed by atoms with Crippen LogP contribution in [-0.2, 0) is 24.4 Å². The molecule has 0 fully saturated rings. The van der Waals surface area contributed by atoms with Crippen molar-refractivity contribution in [2.24, 2.45) is 0 Å². The van der Waals surface area contributed by atoms with Gasteiger partial charge in [-0.2, -0.15) is 0 Å². The van der Waals surface area contributed by atoms with Crippen molar-refractivity contribution in [1.82, 2.24) is 4.90 Å². The number of rotatable bonds is 2. The van der Waals surface area contributed by atoms with Crippen molar-refractivity contribution in [2.75, 3.05) is 13.2 Å². The summed E-state index contributed by atoms with van der Waals surface area (Å²) in [7, 11) is 0. The van der Waals surface area contributed by atoms with Crippen LogP contribution in [0, 0.1) is 0 Å². The van der Waals surface area contributed by atoms with Crippen molar-refractivity contribution in [3.05, 3.63) is 59.2 Å². The van der Waals surface area contributed by atoms with Crippen LogP contribution in [-0.4, -0.2) is 34.3 Å². The fourth-order valence-electron chi connectivity index (χ4n) is 3.26. The van der Waals surface area contributed by atoms with E-state index in [1.54, 1.807) is 11.8 Å². The predicted octanol–water partition coefficient (Wildman–Crippen LogP) is 2.62. The molecule has 1 amide bonds. The highest BCUT2D eigenvalue weighted by atomic mass is 32.2. The Hall–Kier alpha value is -1.98. The molecule has 1 atom stereocenters. The summed E-state index contributed by atoms with van der Waals surface area (Å²) in [6.45, 7) is 1.63. The number of hydrogen-bond acceptors (Lipinski definition) is 4. The van der Waals surface area contributed by atoms with Gasteiger partial charge in [0, 0.05) is 17.0 Å². The van der Waals surface area contributed by atoms with Crippen molar-refractivity contribution in [1.29, 1.82) is 0 Å². The zero-order valence-corrected chi connectivity index (χ0v) is 14.1. The first-order valence-electron chi connectivity index (χ1n) is 8.13. The SMILES string of the molecule is O=C(C1Cc2ccccc2S1)N1CCOc2ccc(CO)cc2C1. The van der Waals surface area contributed by atoms with E-state index in [2.05, 4.69) is 12.1 Å². The van der Waals surface area contributed by atoms with Gasteiger partial charge in [-0.3, -0.25) is 4.79 Å². The lowest BCUT2D eigenvalue weighted by Gasteiger charge is -2.23. The van der Waals surface area contributed by atoms with E-state index in [0.29, 0.717) is 19.7 Å². The summed E-state index contributed by atoms with van der Waals surface area (Å²) in [5, 5.41) is 9.28. The number of amides is 1. The Labute approximate surface area is 145 Å². The highest BCUT2D eigenvalue weighted by molar-refractivity contribution is 8.01. The quantitative estimate of drug-likeness (QED) is 0.912. The Morgan fingerprint density at radius 2 is 2.12 bits per heavy atom. The number of fused-ring (bicyclic) bond motifs is 2. The van der Waals surface area contributed by atoms with E-state index in [4.69, 9.17) is 4.74 Å². The summed E-state index contributed by atoms with van der Waals surface area (Å²) in [6.07, 6.45) is 0.792. The molecule has 0 aliphatic carbocycles. The molecule has 2 aromatic carbocycles. The first-order chi connectivity index (χ1) is 11.7. The van der Waals surface area contributed by atoms with Gasteiger partial charge in [0.25, 0.3) is 0 Å². The predicted molar refractivity (Wildman–Crippen MR) is 93.1 cm³/mol. The summed E-state index contributed by atoms with van der Waals surface area (Å²) in [6, 6.07) is 13.9. The maximum atomic E-state index is 13.0. The van der Waals surface area contributed by atoms with Gasteiger partial charge >= 0.3 is 0 Å². The van der Waals surface area contributed by atoms with Gasteiger partial charge in [0.1, 0.15) is 12.4 Å². The van der Waals surface area contributed by atoms with Gasteiger partial charge in [-0.1, -0.05) is 24.3 Å². The van der Waals surface area contributed by atoms with Gasteiger partial charge in [0.2, 0.25) is 5.91 Å². The third kappa shape index (κ3) is 2.89. The highest BCUT2D eigenvalue weighted by Gasteiger charge is 2.32. The second-order valence-corrected chi connectivity index (χ2v) is 7.37. The van der Waals surface area contributed by atoms with Crippen LogP contribution in [0.25, 0.3) is 0 Å². The third-order valence-corrected chi connectivity index (χ3v) is 5.83. The largest absolute Gasteiger partial charge is 0.491 e. The molecule has 0 spiro atoms. The van der Waals surface area contributed by atoms with E-state index in [9.17, 15) is 9.90 Å². The van der Waals surface area contributed by atoms with E-state index in [-0.39, 0.29) is 17.8 Å². The number of hydrogen-bond donors (Lipinski definition) is 1. The molecule has 2 heterocycles. The molecule has 0 radical (unpaired) electrons. The minimum Gasteiger partial charge on any atom is -0.491 e. The van der Waals surface area contributed by atoms with Crippen LogP contribution in [0.1, 0.15) is 16.7 Å². The zero-order valence-electron chi connectivity index (χ0n) is 13.3. The van der Waals surface area contributed by atoms with E-state index >= 15 is 0 Å². The summed E-state index contributed by atoms with van der Waals surface area (Å²) >= 11 is 1.66. The summed E-state index contributed by atoms with van der Waals surface area (Å²) < 4.78 is 5.77. The van der Waals surface area contributed by atoms with Crippen LogP contribution in [0.4, 0.5) is 0 Å². The first kappa shape index (κ1) is 15.5. The molecular weight excluding hydrogens is 322 g/mol. The molecule has 124 valence electrons. The van der Waals surface area contributed by atoms with Crippen LogP contribution in [0.3, 0.4) is 0 Å². The van der Waals surface area contributed by atoms with E-state index in [1.165, 1.54) is 10.5 Å². The van der Waals surface area contributed by atoms with Crippen LogP contribution in [0.5, 0.6) is 5.75 Å². The number of aliphatic hydroxyl groups is 1. The van der Waals surface area contributed by atoms with E-state index in [1.807, 2.05) is 35.2 Å². The number of benzene rings is 2. The lowest BCUT2D eigenvalue weighted by atomic mass is 10.1. The van der Waals surface area contributed by atoms with Crippen molar-refractivity contribution in [2.45, 2.75) is 29.7 Å². The van der Waals surface area contributed by atoms with Crippen molar-refractivity contribution < 1.29 is 14.6 Å². The van der Waals surface area contributed by atoms with Crippen molar-refractivity contribution in [3.8, 4) is 5.75 Å². The molecule has 0 aromatic heterocycles. The van der Waals surface area contributed by atoms with Crippen LogP contribution < -0.4 is 4.74 Å². The molecule has 4 nitrogen and oxygen atoms in total. The van der Waals surface area contributed by atoms with Gasteiger partial charge in [0.15, 0.2) is 0 Å². The number of thioether (sulfide) groups is 1. The molecule has 0 saturated heterocycles. The second-order valence-electron chi connectivity index (χ2n) is 6.13. The van der Waals surface area contributed by atoms with Gasteiger partial charge in [-0.05, 0) is 35.7 Å². The Kier molecular flexibility index (Phi) is 4.21. The van der Waals surface area contributed by atoms with E-state index < -0.39 is 0 Å². The van der Waals surface area contributed by atoms with Crippen LogP contribution >= 0.6 is 11.8 Å². The summed E-state index contributed by atoms with van der Waals surface area (Å²) in [4.78, 5) is 16.1. The normalized spacial score (nSPS) is 19.2. The van der Waals surface area contributed by atoms with E-state index in [0.717, 1.165) is 23.3 Å². The fourth-order valence-corrected chi connectivity index (χ4v) is 4.54. The average Bonchev–Trinajstić information content (AvgIpc) is 2.93. The first-order valence-corrected chi connectivity index (χ1v) is 9.01. The van der Waals surface area contributed by atoms with Crippen LogP contribution in [0.2, 0.25) is 0 Å². The molecule has 0 bridgehead atoms. The molecular formula is C19H19NO3S. The number of carbonyl (C=O) groups excluding carboxylic acids is 1. The fraction of sp³-hybridized carbons (Fsp3) is 0.316. The lowest BCUT2D eigenvalue weighted by Crippen LogP contribution is -2.38. The van der Waals surface area contributed by atoms with Gasteiger partial charge in [0.05, 0.1) is 18.4 Å². The highest BCUT2D eigenvalue weighted by Crippen LogP contribution is 2.38. The Balaban J connectivity index is 1.53. The second kappa shape index (κ2) is 6.49.